The van der Waals surface area contributed by atoms with Gasteiger partial charge < -0.3 is 4.90 Å². The number of likely N-dealkylation sites (tertiary alicyclic amines) is 1. The molecule has 26 heavy (non-hydrogen) atoms. The minimum Gasteiger partial charge on any atom is -0.334 e. The highest BCUT2D eigenvalue weighted by molar-refractivity contribution is 6.08. The Balaban J connectivity index is 1.31. The van der Waals surface area contributed by atoms with Crippen LogP contribution < -0.4 is 0 Å². The molecule has 6 nitrogen and oxygen atoms in total. The number of hydrogen-bond donors (Lipinski definition) is 0. The second kappa shape index (κ2) is 5.76. The zero-order chi connectivity index (χ0) is 17.8. The van der Waals surface area contributed by atoms with Crippen molar-refractivity contribution in [2.45, 2.75) is 31.8 Å². The molecule has 4 atom stereocenters. The Morgan fingerprint density at radius 2 is 1.69 bits per heavy atom. The lowest BCUT2D eigenvalue weighted by Crippen LogP contribution is -2.44. The molecule has 3 amide bonds. The molecule has 1 aromatic heterocycles. The smallest absolute Gasteiger partial charge is 0.243 e. The maximum Gasteiger partial charge on any atom is 0.243 e. The first-order chi connectivity index (χ1) is 12.6. The summed E-state index contributed by atoms with van der Waals surface area (Å²) in [6.07, 6.45) is 10.4. The van der Waals surface area contributed by atoms with Crippen LogP contribution in [-0.4, -0.2) is 45.1 Å². The quantitative estimate of drug-likeness (QED) is 0.594. The van der Waals surface area contributed by atoms with Crippen molar-refractivity contribution in [2.24, 2.45) is 23.7 Å². The molecule has 0 radical (unpaired) electrons. The van der Waals surface area contributed by atoms with Gasteiger partial charge in [0.2, 0.25) is 17.7 Å². The minimum absolute atomic E-state index is 0.119. The molecule has 2 bridgehead atoms. The summed E-state index contributed by atoms with van der Waals surface area (Å²) in [5, 5.41) is 0. The third kappa shape index (κ3) is 2.39. The molecule has 1 saturated heterocycles. The van der Waals surface area contributed by atoms with Crippen LogP contribution in [-0.2, 0) is 20.9 Å². The van der Waals surface area contributed by atoms with E-state index in [4.69, 9.17) is 0 Å². The van der Waals surface area contributed by atoms with Crippen LogP contribution in [0.2, 0.25) is 0 Å². The summed E-state index contributed by atoms with van der Waals surface area (Å²) in [6.45, 7) is 0.383. The third-order valence-corrected chi connectivity index (χ3v) is 6.27. The van der Waals surface area contributed by atoms with E-state index in [1.165, 1.54) is 4.90 Å². The standard InChI is InChI=1S/C20H21N3O3/c24-16(22(15-3-4-15)10-12-5-7-21-8-6-12)11-23-19(25)17-13-1-2-14(9-13)18(17)20(23)26/h1-2,5-8,13-15,17-18H,3-4,9-11H2/t13-,14-,17+,18+/m0/s1. The first-order valence-electron chi connectivity index (χ1n) is 9.35. The molecule has 4 aliphatic rings. The van der Waals surface area contributed by atoms with E-state index in [2.05, 4.69) is 17.1 Å². The summed E-state index contributed by atoms with van der Waals surface area (Å²) in [5.74, 6) is -0.545. The van der Waals surface area contributed by atoms with Gasteiger partial charge in [0.1, 0.15) is 6.54 Å². The second-order valence-electron chi connectivity index (χ2n) is 7.87. The highest BCUT2D eigenvalue weighted by Crippen LogP contribution is 2.52. The largest absolute Gasteiger partial charge is 0.334 e. The van der Waals surface area contributed by atoms with Crippen molar-refractivity contribution < 1.29 is 14.4 Å². The zero-order valence-electron chi connectivity index (χ0n) is 14.5. The number of allylic oxidation sites excluding steroid dienone is 2. The lowest BCUT2D eigenvalue weighted by molar-refractivity contribution is -0.147. The van der Waals surface area contributed by atoms with Crippen LogP contribution in [0.4, 0.5) is 0 Å². The molecule has 3 aliphatic carbocycles. The number of hydrogen-bond acceptors (Lipinski definition) is 4. The summed E-state index contributed by atoms with van der Waals surface area (Å²) in [7, 11) is 0. The van der Waals surface area contributed by atoms with E-state index in [0.717, 1.165) is 24.8 Å². The van der Waals surface area contributed by atoms with Gasteiger partial charge in [0.15, 0.2) is 0 Å². The Labute approximate surface area is 151 Å². The molecular formula is C20H21N3O3. The number of rotatable bonds is 5. The summed E-state index contributed by atoms with van der Waals surface area (Å²) in [5.41, 5.74) is 1.01. The Hall–Kier alpha value is -2.50. The van der Waals surface area contributed by atoms with Gasteiger partial charge >= 0.3 is 0 Å². The maximum atomic E-state index is 12.9. The van der Waals surface area contributed by atoms with Crippen LogP contribution in [0.15, 0.2) is 36.7 Å². The predicted octanol–water partition coefficient (Wildman–Crippen LogP) is 1.38. The number of amides is 3. The second-order valence-corrected chi connectivity index (χ2v) is 7.87. The molecule has 0 spiro atoms. The van der Waals surface area contributed by atoms with E-state index in [-0.39, 0.29) is 54.0 Å². The number of pyridine rings is 1. The molecule has 3 fully saturated rings. The number of carbonyl (C=O) groups excluding carboxylic acids is 3. The maximum absolute atomic E-state index is 12.9. The van der Waals surface area contributed by atoms with Crippen molar-refractivity contribution >= 4 is 17.7 Å². The van der Waals surface area contributed by atoms with Crippen molar-refractivity contribution in [3.8, 4) is 0 Å². The van der Waals surface area contributed by atoms with Gasteiger partial charge in [0.25, 0.3) is 0 Å². The van der Waals surface area contributed by atoms with Crippen molar-refractivity contribution in [2.75, 3.05) is 6.54 Å². The average molecular weight is 351 g/mol. The molecule has 134 valence electrons. The van der Waals surface area contributed by atoms with Gasteiger partial charge in [0, 0.05) is 25.0 Å². The lowest BCUT2D eigenvalue weighted by Gasteiger charge is -2.25. The predicted molar refractivity (Wildman–Crippen MR) is 92.2 cm³/mol. The Morgan fingerprint density at radius 3 is 2.27 bits per heavy atom. The summed E-state index contributed by atoms with van der Waals surface area (Å²) in [4.78, 5) is 45.5. The van der Waals surface area contributed by atoms with Gasteiger partial charge in [0.05, 0.1) is 11.8 Å². The number of imide groups is 1. The fourth-order valence-electron chi connectivity index (χ4n) is 4.84. The molecule has 2 heterocycles. The topological polar surface area (TPSA) is 70.6 Å². The van der Waals surface area contributed by atoms with Crippen molar-refractivity contribution in [1.29, 1.82) is 0 Å². The molecule has 1 aliphatic heterocycles. The molecule has 1 aromatic rings. The Bertz CT molecular complexity index is 772. The van der Waals surface area contributed by atoms with E-state index in [9.17, 15) is 14.4 Å². The van der Waals surface area contributed by atoms with E-state index in [0.29, 0.717) is 6.54 Å². The monoisotopic (exact) mass is 351 g/mol. The minimum atomic E-state index is -0.236. The number of carbonyl (C=O) groups is 3. The van der Waals surface area contributed by atoms with E-state index in [1.54, 1.807) is 12.4 Å². The van der Waals surface area contributed by atoms with Gasteiger partial charge in [-0.05, 0) is 48.8 Å². The van der Waals surface area contributed by atoms with E-state index in [1.807, 2.05) is 17.0 Å². The van der Waals surface area contributed by atoms with Gasteiger partial charge in [-0.15, -0.1) is 0 Å². The molecule has 5 rings (SSSR count). The summed E-state index contributed by atoms with van der Waals surface area (Å²) >= 11 is 0. The SMILES string of the molecule is O=C1[C@H]2[C@H](C(=O)N1CC(=O)N(Cc1ccncc1)C1CC1)[C@H]1C=C[C@H]2C1. The first kappa shape index (κ1) is 15.7. The van der Waals surface area contributed by atoms with E-state index >= 15 is 0 Å². The molecule has 0 aromatic carbocycles. The van der Waals surface area contributed by atoms with Gasteiger partial charge in [-0.2, -0.15) is 0 Å². The fraction of sp³-hybridized carbons (Fsp3) is 0.500. The molecule has 6 heteroatoms. The van der Waals surface area contributed by atoms with Crippen molar-refractivity contribution in [3.05, 3.63) is 42.2 Å². The molecular weight excluding hydrogens is 330 g/mol. The fourth-order valence-corrected chi connectivity index (χ4v) is 4.84. The van der Waals surface area contributed by atoms with Gasteiger partial charge in [-0.3, -0.25) is 24.3 Å². The molecule has 0 N–H and O–H groups in total. The highest BCUT2D eigenvalue weighted by atomic mass is 16.2. The molecule has 0 unspecified atom stereocenters. The van der Waals surface area contributed by atoms with Gasteiger partial charge in [-0.25, -0.2) is 0 Å². The van der Waals surface area contributed by atoms with Crippen molar-refractivity contribution in [3.63, 3.8) is 0 Å². The third-order valence-electron chi connectivity index (χ3n) is 6.27. The van der Waals surface area contributed by atoms with Gasteiger partial charge in [-0.1, -0.05) is 12.2 Å². The highest BCUT2D eigenvalue weighted by Gasteiger charge is 2.59. The lowest BCUT2D eigenvalue weighted by atomic mass is 9.85. The normalized spacial score (nSPS) is 31.6. The van der Waals surface area contributed by atoms with Crippen LogP contribution in [0.25, 0.3) is 0 Å². The van der Waals surface area contributed by atoms with Crippen LogP contribution in [0.5, 0.6) is 0 Å². The number of fused-ring (bicyclic) bond motifs is 5. The van der Waals surface area contributed by atoms with Crippen LogP contribution >= 0.6 is 0 Å². The van der Waals surface area contributed by atoms with Crippen LogP contribution in [0.1, 0.15) is 24.8 Å². The van der Waals surface area contributed by atoms with E-state index < -0.39 is 0 Å². The Morgan fingerprint density at radius 1 is 1.08 bits per heavy atom. The first-order valence-corrected chi connectivity index (χ1v) is 9.35. The van der Waals surface area contributed by atoms with Crippen LogP contribution in [0.3, 0.4) is 0 Å². The van der Waals surface area contributed by atoms with Crippen molar-refractivity contribution in [1.82, 2.24) is 14.8 Å². The molecule has 2 saturated carbocycles. The summed E-state index contributed by atoms with van der Waals surface area (Å²) in [6, 6.07) is 4.01. The van der Waals surface area contributed by atoms with Crippen LogP contribution in [0, 0.1) is 23.7 Å². The zero-order valence-corrected chi connectivity index (χ0v) is 14.5. The number of aromatic nitrogens is 1. The summed E-state index contributed by atoms with van der Waals surface area (Å²) < 4.78 is 0. The number of nitrogens with zero attached hydrogens (tertiary/aromatic N) is 3. The Kier molecular flexibility index (Phi) is 3.48. The average Bonchev–Trinajstić information content (AvgIpc) is 3.21.